The summed E-state index contributed by atoms with van der Waals surface area (Å²) in [6, 6.07) is 9.21. The Hall–Kier alpha value is -3.82. The Balaban J connectivity index is 1.66. The van der Waals surface area contributed by atoms with Crippen LogP contribution >= 0.6 is 0 Å². The zero-order valence-corrected chi connectivity index (χ0v) is 19.1. The summed E-state index contributed by atoms with van der Waals surface area (Å²) < 4.78 is 17.0. The average molecular weight is 456 g/mol. The van der Waals surface area contributed by atoms with Gasteiger partial charge in [-0.15, -0.1) is 0 Å². The van der Waals surface area contributed by atoms with Crippen LogP contribution in [0.15, 0.2) is 41.3 Å². The van der Waals surface area contributed by atoms with Gasteiger partial charge >= 0.3 is 17.8 Å². The number of amides is 1. The van der Waals surface area contributed by atoms with Crippen LogP contribution in [0.4, 0.5) is 4.79 Å². The van der Waals surface area contributed by atoms with Crippen LogP contribution in [0, 0.1) is 0 Å². The van der Waals surface area contributed by atoms with Crippen molar-refractivity contribution in [2.75, 3.05) is 19.8 Å². The van der Waals surface area contributed by atoms with Gasteiger partial charge in [-0.05, 0) is 45.9 Å². The lowest BCUT2D eigenvalue weighted by atomic mass is 10.1. The number of nitrogens with zero attached hydrogens (tertiary/aromatic N) is 2. The SMILES string of the molecule is CCOC(=O)Cn1cc2cc(-c3cccc(OCCNC(=O)OC(C)(C)C)c3)[nH]c2nc1=O. The number of aromatic nitrogens is 3. The molecule has 2 N–H and O–H groups in total. The molecule has 0 spiro atoms. The number of carbonyl (C=O) groups is 2. The van der Waals surface area contributed by atoms with Gasteiger partial charge in [-0.25, -0.2) is 9.59 Å². The molecule has 0 saturated heterocycles. The molecule has 33 heavy (non-hydrogen) atoms. The van der Waals surface area contributed by atoms with Crippen LogP contribution in [0.3, 0.4) is 0 Å². The fraction of sp³-hybridized carbons (Fsp3) is 0.391. The highest BCUT2D eigenvalue weighted by molar-refractivity contribution is 5.82. The van der Waals surface area contributed by atoms with Gasteiger partial charge < -0.3 is 24.5 Å². The summed E-state index contributed by atoms with van der Waals surface area (Å²) in [6.45, 7) is 7.70. The first-order chi connectivity index (χ1) is 15.6. The normalized spacial score (nSPS) is 11.3. The predicted molar refractivity (Wildman–Crippen MR) is 122 cm³/mol. The second-order valence-electron chi connectivity index (χ2n) is 8.25. The van der Waals surface area contributed by atoms with Crippen molar-refractivity contribution in [2.24, 2.45) is 0 Å². The van der Waals surface area contributed by atoms with Crippen LogP contribution in [0.5, 0.6) is 5.75 Å². The largest absolute Gasteiger partial charge is 0.492 e. The number of ether oxygens (including phenoxy) is 3. The van der Waals surface area contributed by atoms with E-state index in [0.717, 1.165) is 11.3 Å². The number of aromatic amines is 1. The molecule has 3 aromatic rings. The summed E-state index contributed by atoms with van der Waals surface area (Å²) in [5, 5.41) is 3.32. The van der Waals surface area contributed by atoms with Gasteiger partial charge in [-0.3, -0.25) is 9.36 Å². The van der Waals surface area contributed by atoms with Crippen LogP contribution in [-0.2, 0) is 20.8 Å². The minimum absolute atomic E-state index is 0.198. The minimum Gasteiger partial charge on any atom is -0.492 e. The van der Waals surface area contributed by atoms with E-state index in [1.165, 1.54) is 4.57 Å². The third kappa shape index (κ3) is 6.83. The van der Waals surface area contributed by atoms with Crippen molar-refractivity contribution < 1.29 is 23.8 Å². The van der Waals surface area contributed by atoms with Crippen molar-refractivity contribution in [2.45, 2.75) is 39.8 Å². The number of H-pyrrole nitrogens is 1. The van der Waals surface area contributed by atoms with Gasteiger partial charge in [0.15, 0.2) is 0 Å². The first-order valence-electron chi connectivity index (χ1n) is 10.6. The van der Waals surface area contributed by atoms with Crippen LogP contribution < -0.4 is 15.7 Å². The summed E-state index contributed by atoms with van der Waals surface area (Å²) in [5.74, 6) is 0.120. The molecule has 0 radical (unpaired) electrons. The Morgan fingerprint density at radius 3 is 2.73 bits per heavy atom. The van der Waals surface area contributed by atoms with E-state index in [0.29, 0.717) is 23.3 Å². The molecule has 10 nitrogen and oxygen atoms in total. The quantitative estimate of drug-likeness (QED) is 0.394. The third-order valence-electron chi connectivity index (χ3n) is 4.36. The highest BCUT2D eigenvalue weighted by atomic mass is 16.6. The van der Waals surface area contributed by atoms with E-state index >= 15 is 0 Å². The standard InChI is InChI=1S/C23H28N4O6/c1-5-31-19(28)14-27-13-16-12-18(25-20(16)26-21(27)29)15-7-6-8-17(11-15)32-10-9-24-22(30)33-23(2,3)4/h6-8,11-13H,5,9-10,14H2,1-4H3,(H,24,30)(H,25,26,29). The Morgan fingerprint density at radius 1 is 1.21 bits per heavy atom. The van der Waals surface area contributed by atoms with E-state index in [-0.39, 0.29) is 19.8 Å². The molecule has 176 valence electrons. The smallest absolute Gasteiger partial charge is 0.407 e. The zero-order chi connectivity index (χ0) is 24.0. The molecule has 0 fully saturated rings. The molecule has 0 bridgehead atoms. The second-order valence-corrected chi connectivity index (χ2v) is 8.25. The Labute approximate surface area is 190 Å². The van der Waals surface area contributed by atoms with Crippen LogP contribution in [0.1, 0.15) is 27.7 Å². The lowest BCUT2D eigenvalue weighted by Crippen LogP contribution is -2.34. The van der Waals surface area contributed by atoms with Gasteiger partial charge in [-0.2, -0.15) is 4.98 Å². The van der Waals surface area contributed by atoms with E-state index in [1.807, 2.05) is 24.3 Å². The van der Waals surface area contributed by atoms with Crippen molar-refractivity contribution >= 4 is 23.1 Å². The fourth-order valence-electron chi connectivity index (χ4n) is 3.04. The summed E-state index contributed by atoms with van der Waals surface area (Å²) in [7, 11) is 0. The third-order valence-corrected chi connectivity index (χ3v) is 4.36. The van der Waals surface area contributed by atoms with Crippen LogP contribution in [-0.4, -0.2) is 52.0 Å². The molecule has 0 aliphatic carbocycles. The molecule has 0 aliphatic heterocycles. The van der Waals surface area contributed by atoms with E-state index in [9.17, 15) is 14.4 Å². The van der Waals surface area contributed by atoms with E-state index in [2.05, 4.69) is 15.3 Å². The summed E-state index contributed by atoms with van der Waals surface area (Å²) in [6.07, 6.45) is 1.08. The maximum atomic E-state index is 12.2. The number of nitrogens with one attached hydrogen (secondary N) is 2. The minimum atomic E-state index is -0.557. The summed E-state index contributed by atoms with van der Waals surface area (Å²) >= 11 is 0. The van der Waals surface area contributed by atoms with Crippen molar-refractivity contribution in [1.82, 2.24) is 19.9 Å². The molecule has 0 saturated carbocycles. The topological polar surface area (TPSA) is 125 Å². The molecule has 0 atom stereocenters. The monoisotopic (exact) mass is 456 g/mol. The molecule has 0 unspecified atom stereocenters. The number of rotatable bonds is 8. The van der Waals surface area contributed by atoms with Crippen molar-refractivity contribution in [3.63, 3.8) is 0 Å². The maximum Gasteiger partial charge on any atom is 0.407 e. The predicted octanol–water partition coefficient (Wildman–Crippen LogP) is 2.86. The van der Waals surface area contributed by atoms with Crippen molar-refractivity contribution in [3.8, 4) is 17.0 Å². The highest BCUT2D eigenvalue weighted by Crippen LogP contribution is 2.25. The Bertz CT molecular complexity index is 1190. The van der Waals surface area contributed by atoms with Crippen molar-refractivity contribution in [3.05, 3.63) is 47.0 Å². The lowest BCUT2D eigenvalue weighted by Gasteiger charge is -2.19. The number of carbonyl (C=O) groups excluding carboxylic acids is 2. The molecule has 10 heteroatoms. The fourth-order valence-corrected chi connectivity index (χ4v) is 3.04. The number of esters is 1. The molecule has 1 amide bonds. The van der Waals surface area contributed by atoms with Gasteiger partial charge in [0.25, 0.3) is 0 Å². The van der Waals surface area contributed by atoms with Gasteiger partial charge in [0, 0.05) is 22.8 Å². The van der Waals surface area contributed by atoms with Crippen LogP contribution in [0.2, 0.25) is 0 Å². The molecular formula is C23H28N4O6. The zero-order valence-electron chi connectivity index (χ0n) is 19.1. The lowest BCUT2D eigenvalue weighted by molar-refractivity contribution is -0.143. The van der Waals surface area contributed by atoms with Crippen LogP contribution in [0.25, 0.3) is 22.3 Å². The molecule has 2 heterocycles. The number of benzene rings is 1. The highest BCUT2D eigenvalue weighted by Gasteiger charge is 2.15. The van der Waals surface area contributed by atoms with E-state index in [1.54, 1.807) is 40.0 Å². The molecular weight excluding hydrogens is 428 g/mol. The Kier molecular flexibility index (Phi) is 7.37. The molecule has 3 rings (SSSR count). The van der Waals surface area contributed by atoms with Crippen molar-refractivity contribution in [1.29, 1.82) is 0 Å². The molecule has 2 aromatic heterocycles. The van der Waals surface area contributed by atoms with Gasteiger partial charge in [0.2, 0.25) is 0 Å². The summed E-state index contributed by atoms with van der Waals surface area (Å²) in [5.41, 5.74) is 0.887. The van der Waals surface area contributed by atoms with E-state index in [4.69, 9.17) is 14.2 Å². The molecule has 1 aromatic carbocycles. The average Bonchev–Trinajstić information content (AvgIpc) is 3.13. The number of alkyl carbamates (subject to hydrolysis) is 1. The number of fused-ring (bicyclic) bond motifs is 1. The van der Waals surface area contributed by atoms with Gasteiger partial charge in [0.05, 0.1) is 13.2 Å². The number of hydrogen-bond donors (Lipinski definition) is 2. The summed E-state index contributed by atoms with van der Waals surface area (Å²) in [4.78, 5) is 42.7. The number of hydrogen-bond acceptors (Lipinski definition) is 7. The Morgan fingerprint density at radius 2 is 2.00 bits per heavy atom. The van der Waals surface area contributed by atoms with Gasteiger partial charge in [-0.1, -0.05) is 12.1 Å². The first-order valence-corrected chi connectivity index (χ1v) is 10.6. The van der Waals surface area contributed by atoms with E-state index < -0.39 is 23.4 Å². The van der Waals surface area contributed by atoms with Gasteiger partial charge in [0.1, 0.15) is 30.1 Å². The second kappa shape index (κ2) is 10.2. The first kappa shape index (κ1) is 23.8. The maximum absolute atomic E-state index is 12.2. The molecule has 0 aliphatic rings.